The van der Waals surface area contributed by atoms with E-state index in [2.05, 4.69) is 58.0 Å². The molecular formula is C17H22N+. The minimum atomic E-state index is -0.0111. The maximum absolute atomic E-state index is 8.16. The maximum Gasteiger partial charge on any atom is 0.212 e. The van der Waals surface area contributed by atoms with Crippen molar-refractivity contribution >= 4 is 0 Å². The summed E-state index contributed by atoms with van der Waals surface area (Å²) in [5.41, 5.74) is 4.73. The van der Waals surface area contributed by atoms with E-state index in [-0.39, 0.29) is 5.41 Å². The molecule has 2 rings (SSSR count). The van der Waals surface area contributed by atoms with Gasteiger partial charge in [0, 0.05) is 17.7 Å². The predicted octanol–water partition coefficient (Wildman–Crippen LogP) is 3.78. The van der Waals surface area contributed by atoms with E-state index in [1.807, 2.05) is 17.8 Å². The van der Waals surface area contributed by atoms with Gasteiger partial charge in [-0.25, -0.2) is 4.57 Å². The zero-order chi connectivity index (χ0) is 14.2. The smallest absolute Gasteiger partial charge is 0.201 e. The van der Waals surface area contributed by atoms with E-state index in [4.69, 9.17) is 1.37 Å². The Morgan fingerprint density at radius 2 is 1.83 bits per heavy atom. The van der Waals surface area contributed by atoms with Crippen LogP contribution in [0.15, 0.2) is 42.6 Å². The zero-order valence-electron chi connectivity index (χ0n) is 12.9. The average Bonchev–Trinajstić information content (AvgIpc) is 2.29. The fourth-order valence-corrected chi connectivity index (χ4v) is 2.08. The second-order valence-corrected chi connectivity index (χ2v) is 5.89. The molecule has 2 aromatic rings. The minimum absolute atomic E-state index is 0.0111. The summed E-state index contributed by atoms with van der Waals surface area (Å²) in [6, 6.07) is 11.1. The molecule has 0 saturated heterocycles. The van der Waals surface area contributed by atoms with Gasteiger partial charge in [-0.3, -0.25) is 0 Å². The lowest BCUT2D eigenvalue weighted by Gasteiger charge is -2.19. The Kier molecular flexibility index (Phi) is 2.91. The molecule has 94 valence electrons. The van der Waals surface area contributed by atoms with Gasteiger partial charge in [0.2, 0.25) is 5.69 Å². The standard InChI is InChI=1S/C17H22N/c1-13-8-6-7-9-15(13)16-12-14(17(2,3)4)10-11-18(16)5/h6-12H,1-5H3/q+1/i10D. The molecule has 0 bridgehead atoms. The molecule has 1 nitrogen and oxygen atoms in total. The van der Waals surface area contributed by atoms with Gasteiger partial charge in [0.1, 0.15) is 7.05 Å². The van der Waals surface area contributed by atoms with Crippen molar-refractivity contribution in [3.63, 3.8) is 0 Å². The molecule has 0 spiro atoms. The Balaban J connectivity index is 2.69. The molecule has 0 saturated carbocycles. The third-order valence-electron chi connectivity index (χ3n) is 3.30. The van der Waals surface area contributed by atoms with E-state index in [1.165, 1.54) is 16.8 Å². The van der Waals surface area contributed by atoms with Gasteiger partial charge in [-0.1, -0.05) is 39.0 Å². The fraction of sp³-hybridized carbons (Fsp3) is 0.353. The van der Waals surface area contributed by atoms with Crippen molar-refractivity contribution in [2.24, 2.45) is 7.05 Å². The van der Waals surface area contributed by atoms with Crippen LogP contribution in [0.5, 0.6) is 0 Å². The number of benzene rings is 1. The first kappa shape index (κ1) is 11.5. The predicted molar refractivity (Wildman–Crippen MR) is 76.5 cm³/mol. The van der Waals surface area contributed by atoms with Crippen LogP contribution in [0.1, 0.15) is 33.3 Å². The third-order valence-corrected chi connectivity index (χ3v) is 3.30. The van der Waals surface area contributed by atoms with E-state index in [9.17, 15) is 0 Å². The van der Waals surface area contributed by atoms with Crippen LogP contribution in [0.4, 0.5) is 0 Å². The van der Waals surface area contributed by atoms with Gasteiger partial charge in [0.15, 0.2) is 6.20 Å². The highest BCUT2D eigenvalue weighted by molar-refractivity contribution is 5.61. The van der Waals surface area contributed by atoms with E-state index < -0.39 is 0 Å². The molecule has 0 unspecified atom stereocenters. The highest BCUT2D eigenvalue weighted by Crippen LogP contribution is 2.26. The summed E-state index contributed by atoms with van der Waals surface area (Å²) >= 11 is 0. The summed E-state index contributed by atoms with van der Waals surface area (Å²) in [5, 5.41) is 0. The molecule has 1 heterocycles. The van der Waals surface area contributed by atoms with Crippen LogP contribution in [0.2, 0.25) is 0 Å². The molecule has 0 aliphatic heterocycles. The zero-order valence-corrected chi connectivity index (χ0v) is 11.9. The number of hydrogen-bond acceptors (Lipinski definition) is 0. The largest absolute Gasteiger partial charge is 0.212 e. The van der Waals surface area contributed by atoms with Crippen LogP contribution >= 0.6 is 0 Å². The molecule has 1 heteroatoms. The van der Waals surface area contributed by atoms with Gasteiger partial charge in [0.05, 0.1) is 1.37 Å². The van der Waals surface area contributed by atoms with Gasteiger partial charge < -0.3 is 0 Å². The van der Waals surface area contributed by atoms with Crippen LogP contribution in [0.25, 0.3) is 11.3 Å². The highest BCUT2D eigenvalue weighted by atomic mass is 14.9. The summed E-state index contributed by atoms with van der Waals surface area (Å²) in [7, 11) is 2.01. The minimum Gasteiger partial charge on any atom is -0.201 e. The second-order valence-electron chi connectivity index (χ2n) is 5.89. The Labute approximate surface area is 112 Å². The lowest BCUT2D eigenvalue weighted by Crippen LogP contribution is -2.31. The molecule has 18 heavy (non-hydrogen) atoms. The van der Waals surface area contributed by atoms with Crippen molar-refractivity contribution in [2.45, 2.75) is 33.1 Å². The molecule has 0 aliphatic rings. The van der Waals surface area contributed by atoms with Crippen LogP contribution < -0.4 is 4.57 Å². The molecule has 0 radical (unpaired) electrons. The van der Waals surface area contributed by atoms with E-state index >= 15 is 0 Å². The SMILES string of the molecule is [2H]c1c[n+](C)c(-c2ccccc2C)cc1C(C)(C)C. The highest BCUT2D eigenvalue weighted by Gasteiger charge is 2.19. The molecule has 0 fully saturated rings. The summed E-state index contributed by atoms with van der Waals surface area (Å²) in [5.74, 6) is 0. The summed E-state index contributed by atoms with van der Waals surface area (Å²) < 4.78 is 10.2. The summed E-state index contributed by atoms with van der Waals surface area (Å²) in [6.45, 7) is 8.59. The molecular weight excluding hydrogens is 218 g/mol. The first-order valence-electron chi connectivity index (χ1n) is 6.87. The molecule has 0 atom stereocenters. The van der Waals surface area contributed by atoms with Crippen LogP contribution in [0, 0.1) is 6.92 Å². The van der Waals surface area contributed by atoms with Gasteiger partial charge in [-0.15, -0.1) is 0 Å². The number of nitrogens with zero attached hydrogens (tertiary/aromatic N) is 1. The normalized spacial score (nSPS) is 12.4. The fourth-order valence-electron chi connectivity index (χ4n) is 2.08. The topological polar surface area (TPSA) is 3.88 Å². The summed E-state index contributed by atoms with van der Waals surface area (Å²) in [6.07, 6.45) is 1.91. The Bertz CT molecular complexity index is 609. The Morgan fingerprint density at radius 3 is 2.44 bits per heavy atom. The quantitative estimate of drug-likeness (QED) is 0.669. The first-order valence-corrected chi connectivity index (χ1v) is 6.37. The van der Waals surface area contributed by atoms with Crippen molar-refractivity contribution in [1.29, 1.82) is 0 Å². The molecule has 0 amide bonds. The Hall–Kier alpha value is -1.63. The van der Waals surface area contributed by atoms with Crippen molar-refractivity contribution in [1.82, 2.24) is 0 Å². The number of hydrogen-bond donors (Lipinski definition) is 0. The van der Waals surface area contributed by atoms with Crippen LogP contribution in [-0.4, -0.2) is 0 Å². The van der Waals surface area contributed by atoms with Crippen molar-refractivity contribution in [3.8, 4) is 11.3 Å². The molecule has 0 aliphatic carbocycles. The average molecular weight is 241 g/mol. The van der Waals surface area contributed by atoms with Gasteiger partial charge in [-0.05, 0) is 29.5 Å². The van der Waals surface area contributed by atoms with E-state index in [0.717, 1.165) is 5.56 Å². The van der Waals surface area contributed by atoms with Crippen LogP contribution in [0.3, 0.4) is 0 Å². The Morgan fingerprint density at radius 1 is 1.17 bits per heavy atom. The van der Waals surface area contributed by atoms with E-state index in [1.54, 1.807) is 0 Å². The number of rotatable bonds is 1. The number of pyridine rings is 1. The molecule has 1 aromatic carbocycles. The summed E-state index contributed by atoms with van der Waals surface area (Å²) in [4.78, 5) is 0. The third kappa shape index (κ3) is 2.45. The molecule has 1 aromatic heterocycles. The lowest BCUT2D eigenvalue weighted by molar-refractivity contribution is -0.660. The lowest BCUT2D eigenvalue weighted by atomic mass is 9.86. The first-order chi connectivity index (χ1) is 8.80. The second kappa shape index (κ2) is 4.56. The molecule has 0 N–H and O–H groups in total. The van der Waals surface area contributed by atoms with Crippen molar-refractivity contribution in [3.05, 3.63) is 53.7 Å². The van der Waals surface area contributed by atoms with Gasteiger partial charge in [0.25, 0.3) is 0 Å². The monoisotopic (exact) mass is 241 g/mol. The number of aryl methyl sites for hydroxylation is 2. The van der Waals surface area contributed by atoms with Gasteiger partial charge in [-0.2, -0.15) is 0 Å². The number of aromatic nitrogens is 1. The van der Waals surface area contributed by atoms with Crippen molar-refractivity contribution in [2.75, 3.05) is 0 Å². The van der Waals surface area contributed by atoms with Crippen molar-refractivity contribution < 1.29 is 5.94 Å². The van der Waals surface area contributed by atoms with E-state index in [0.29, 0.717) is 6.04 Å². The van der Waals surface area contributed by atoms with Crippen LogP contribution in [-0.2, 0) is 12.5 Å². The maximum atomic E-state index is 8.16. The van der Waals surface area contributed by atoms with Gasteiger partial charge >= 0.3 is 0 Å².